The van der Waals surface area contributed by atoms with Gasteiger partial charge in [0.1, 0.15) is 0 Å². The number of nitrogens with one attached hydrogen (secondary N) is 2. The molecule has 21 heavy (non-hydrogen) atoms. The first kappa shape index (κ1) is 14.6. The minimum atomic E-state index is 0.690. The average molecular weight is 304 g/mol. The molecule has 1 aromatic heterocycles. The molecule has 1 saturated carbocycles. The topological polar surface area (TPSA) is 40.7 Å². The molecule has 0 saturated heterocycles. The Morgan fingerprint density at radius 3 is 2.86 bits per heavy atom. The van der Waals surface area contributed by atoms with Gasteiger partial charge in [0.05, 0.1) is 6.33 Å². The zero-order chi connectivity index (χ0) is 14.7. The number of halogens is 1. The van der Waals surface area contributed by atoms with Crippen LogP contribution in [-0.4, -0.2) is 16.5 Å². The number of benzene rings is 1. The highest BCUT2D eigenvalue weighted by molar-refractivity contribution is 6.30. The standard InChI is InChI=1S/C17H22ClN3/c1-2-13(15-7-16(15)17-10-20-11-21-17)9-19-8-12-3-5-14(18)6-4-12/h3-6,10-11,13,15-16,19H,2,7-9H2,1H3,(H,20,21)/t13-,15+,16-/m1/s1. The fraction of sp³-hybridized carbons (Fsp3) is 0.471. The van der Waals surface area contributed by atoms with Gasteiger partial charge in [0.15, 0.2) is 0 Å². The van der Waals surface area contributed by atoms with Gasteiger partial charge in [-0.25, -0.2) is 4.98 Å². The van der Waals surface area contributed by atoms with Crippen molar-refractivity contribution in [2.45, 2.75) is 32.2 Å². The summed E-state index contributed by atoms with van der Waals surface area (Å²) in [4.78, 5) is 7.38. The number of hydrogen-bond acceptors (Lipinski definition) is 2. The third-order valence-corrected chi connectivity index (χ3v) is 4.79. The molecule has 2 N–H and O–H groups in total. The maximum absolute atomic E-state index is 5.90. The number of aromatic nitrogens is 2. The van der Waals surface area contributed by atoms with Gasteiger partial charge in [0.25, 0.3) is 0 Å². The van der Waals surface area contributed by atoms with Gasteiger partial charge in [-0.05, 0) is 42.5 Å². The van der Waals surface area contributed by atoms with E-state index in [-0.39, 0.29) is 0 Å². The Morgan fingerprint density at radius 2 is 2.19 bits per heavy atom. The number of hydrogen-bond donors (Lipinski definition) is 2. The SMILES string of the molecule is CC[C@H](CNCc1ccc(Cl)cc1)[C@@H]1C[C@H]1c1cnc[nH]1. The van der Waals surface area contributed by atoms with Crippen LogP contribution in [0.25, 0.3) is 0 Å². The summed E-state index contributed by atoms with van der Waals surface area (Å²) in [5.41, 5.74) is 2.59. The molecule has 3 nitrogen and oxygen atoms in total. The molecule has 3 atom stereocenters. The molecule has 1 heterocycles. The van der Waals surface area contributed by atoms with E-state index in [1.807, 2.05) is 18.3 Å². The largest absolute Gasteiger partial charge is 0.348 e. The van der Waals surface area contributed by atoms with E-state index in [0.717, 1.165) is 29.9 Å². The van der Waals surface area contributed by atoms with Crippen LogP contribution in [0.5, 0.6) is 0 Å². The summed E-state index contributed by atoms with van der Waals surface area (Å²) >= 11 is 5.90. The number of imidazole rings is 1. The quantitative estimate of drug-likeness (QED) is 0.812. The molecule has 0 radical (unpaired) electrons. The zero-order valence-corrected chi connectivity index (χ0v) is 13.1. The number of aromatic amines is 1. The van der Waals surface area contributed by atoms with Crippen LogP contribution in [0.15, 0.2) is 36.8 Å². The first-order valence-corrected chi connectivity index (χ1v) is 8.09. The lowest BCUT2D eigenvalue weighted by Crippen LogP contribution is -2.23. The molecule has 3 rings (SSSR count). The van der Waals surface area contributed by atoms with Crippen molar-refractivity contribution in [2.75, 3.05) is 6.54 Å². The van der Waals surface area contributed by atoms with Gasteiger partial charge in [0, 0.05) is 29.4 Å². The van der Waals surface area contributed by atoms with E-state index in [2.05, 4.69) is 34.3 Å². The fourth-order valence-electron chi connectivity index (χ4n) is 3.17. The van der Waals surface area contributed by atoms with Crippen LogP contribution in [0.4, 0.5) is 0 Å². The smallest absolute Gasteiger partial charge is 0.0921 e. The van der Waals surface area contributed by atoms with Gasteiger partial charge in [-0.15, -0.1) is 0 Å². The van der Waals surface area contributed by atoms with Crippen LogP contribution in [-0.2, 0) is 6.54 Å². The van der Waals surface area contributed by atoms with Crippen molar-refractivity contribution in [2.24, 2.45) is 11.8 Å². The Morgan fingerprint density at radius 1 is 1.38 bits per heavy atom. The molecule has 1 aliphatic carbocycles. The second kappa shape index (κ2) is 6.63. The van der Waals surface area contributed by atoms with Gasteiger partial charge in [-0.3, -0.25) is 0 Å². The summed E-state index contributed by atoms with van der Waals surface area (Å²) in [6.07, 6.45) is 6.27. The molecular weight excluding hydrogens is 282 g/mol. The number of H-pyrrole nitrogens is 1. The highest BCUT2D eigenvalue weighted by atomic mass is 35.5. The maximum Gasteiger partial charge on any atom is 0.0921 e. The molecule has 4 heteroatoms. The maximum atomic E-state index is 5.90. The summed E-state index contributed by atoms with van der Waals surface area (Å²) in [6.45, 7) is 4.28. The van der Waals surface area contributed by atoms with Gasteiger partial charge < -0.3 is 10.3 Å². The second-order valence-electron chi connectivity index (χ2n) is 5.94. The van der Waals surface area contributed by atoms with Crippen molar-refractivity contribution in [3.8, 4) is 0 Å². The number of nitrogens with zero attached hydrogens (tertiary/aromatic N) is 1. The molecular formula is C17H22ClN3. The third-order valence-electron chi connectivity index (χ3n) is 4.54. The predicted octanol–water partition coefficient (Wildman–Crippen LogP) is 3.98. The molecule has 2 aromatic rings. The fourth-order valence-corrected chi connectivity index (χ4v) is 3.29. The van der Waals surface area contributed by atoms with Crippen molar-refractivity contribution in [3.63, 3.8) is 0 Å². The molecule has 0 bridgehead atoms. The number of rotatable bonds is 7. The Hall–Kier alpha value is -1.32. The van der Waals surface area contributed by atoms with Crippen molar-refractivity contribution in [1.82, 2.24) is 15.3 Å². The Balaban J connectivity index is 1.46. The predicted molar refractivity (Wildman–Crippen MR) is 86.4 cm³/mol. The highest BCUT2D eigenvalue weighted by Crippen LogP contribution is 2.51. The van der Waals surface area contributed by atoms with Crippen LogP contribution in [0.3, 0.4) is 0 Å². The van der Waals surface area contributed by atoms with Crippen molar-refractivity contribution in [1.29, 1.82) is 0 Å². The van der Waals surface area contributed by atoms with Crippen LogP contribution < -0.4 is 5.32 Å². The summed E-state index contributed by atoms with van der Waals surface area (Å²) in [7, 11) is 0. The van der Waals surface area contributed by atoms with Crippen molar-refractivity contribution in [3.05, 3.63) is 53.1 Å². The lowest BCUT2D eigenvalue weighted by Gasteiger charge is -2.15. The first-order chi connectivity index (χ1) is 10.3. The van der Waals surface area contributed by atoms with E-state index in [9.17, 15) is 0 Å². The van der Waals surface area contributed by atoms with Crippen LogP contribution in [0.1, 0.15) is 36.9 Å². The lowest BCUT2D eigenvalue weighted by molar-refractivity contribution is 0.405. The van der Waals surface area contributed by atoms with Crippen molar-refractivity contribution >= 4 is 11.6 Å². The molecule has 0 aliphatic heterocycles. The highest BCUT2D eigenvalue weighted by Gasteiger charge is 2.43. The van der Waals surface area contributed by atoms with E-state index < -0.39 is 0 Å². The lowest BCUT2D eigenvalue weighted by atomic mass is 9.98. The van der Waals surface area contributed by atoms with E-state index in [1.54, 1.807) is 6.33 Å². The van der Waals surface area contributed by atoms with Crippen LogP contribution in [0, 0.1) is 11.8 Å². The Bertz CT molecular complexity index is 550. The zero-order valence-electron chi connectivity index (χ0n) is 12.3. The normalized spacial score (nSPS) is 22.2. The third kappa shape index (κ3) is 3.66. The summed E-state index contributed by atoms with van der Waals surface area (Å²) < 4.78 is 0. The molecule has 112 valence electrons. The summed E-state index contributed by atoms with van der Waals surface area (Å²) in [5.74, 6) is 2.23. The van der Waals surface area contributed by atoms with E-state index in [0.29, 0.717) is 5.92 Å². The monoisotopic (exact) mass is 303 g/mol. The second-order valence-corrected chi connectivity index (χ2v) is 6.38. The van der Waals surface area contributed by atoms with Gasteiger partial charge in [-0.2, -0.15) is 0 Å². The molecule has 0 spiro atoms. The molecule has 1 fully saturated rings. The first-order valence-electron chi connectivity index (χ1n) is 7.71. The van der Waals surface area contributed by atoms with Crippen LogP contribution >= 0.6 is 11.6 Å². The average Bonchev–Trinajstić information content (AvgIpc) is 3.09. The molecule has 0 amide bonds. The molecule has 1 aliphatic rings. The van der Waals surface area contributed by atoms with E-state index >= 15 is 0 Å². The Kier molecular flexibility index (Phi) is 4.61. The minimum absolute atomic E-state index is 0.690. The van der Waals surface area contributed by atoms with Gasteiger partial charge in [-0.1, -0.05) is 37.1 Å². The molecule has 1 aromatic carbocycles. The Labute approximate surface area is 131 Å². The van der Waals surface area contributed by atoms with Crippen molar-refractivity contribution < 1.29 is 0 Å². The summed E-state index contributed by atoms with van der Waals surface area (Å²) in [6, 6.07) is 8.07. The summed E-state index contributed by atoms with van der Waals surface area (Å²) in [5, 5.41) is 4.39. The van der Waals surface area contributed by atoms with Gasteiger partial charge >= 0.3 is 0 Å². The van der Waals surface area contributed by atoms with E-state index in [4.69, 9.17) is 11.6 Å². The van der Waals surface area contributed by atoms with Gasteiger partial charge in [0.2, 0.25) is 0 Å². The van der Waals surface area contributed by atoms with E-state index in [1.165, 1.54) is 24.1 Å². The minimum Gasteiger partial charge on any atom is -0.348 e. The molecule has 0 unspecified atom stereocenters. The van der Waals surface area contributed by atoms with Crippen LogP contribution in [0.2, 0.25) is 5.02 Å².